The SMILES string of the molecule is CCc1nnc(SCC(=O)Nc2ccc(C)cc2)o1. The van der Waals surface area contributed by atoms with Gasteiger partial charge in [0.25, 0.3) is 5.22 Å². The number of aromatic nitrogens is 2. The van der Waals surface area contributed by atoms with E-state index in [4.69, 9.17) is 4.42 Å². The molecule has 0 atom stereocenters. The third kappa shape index (κ3) is 4.10. The first kappa shape index (κ1) is 13.6. The van der Waals surface area contributed by atoms with Crippen molar-refractivity contribution in [3.05, 3.63) is 35.7 Å². The van der Waals surface area contributed by atoms with Gasteiger partial charge in [-0.25, -0.2) is 0 Å². The van der Waals surface area contributed by atoms with Gasteiger partial charge >= 0.3 is 0 Å². The van der Waals surface area contributed by atoms with Crippen LogP contribution in [0.5, 0.6) is 0 Å². The van der Waals surface area contributed by atoms with Crippen LogP contribution in [0, 0.1) is 6.92 Å². The maximum Gasteiger partial charge on any atom is 0.277 e. The molecule has 2 aromatic rings. The third-order valence-electron chi connectivity index (χ3n) is 2.41. The van der Waals surface area contributed by atoms with Crippen LogP contribution in [0.1, 0.15) is 18.4 Å². The number of nitrogens with one attached hydrogen (secondary N) is 1. The van der Waals surface area contributed by atoms with E-state index in [1.807, 2.05) is 38.1 Å². The molecule has 1 heterocycles. The van der Waals surface area contributed by atoms with E-state index in [1.165, 1.54) is 11.8 Å². The number of benzene rings is 1. The summed E-state index contributed by atoms with van der Waals surface area (Å²) in [5, 5.41) is 10.9. The summed E-state index contributed by atoms with van der Waals surface area (Å²) in [4.78, 5) is 11.7. The first-order chi connectivity index (χ1) is 9.17. The number of rotatable bonds is 5. The zero-order valence-corrected chi connectivity index (χ0v) is 11.7. The Kier molecular flexibility index (Phi) is 4.57. The summed E-state index contributed by atoms with van der Waals surface area (Å²) in [6.07, 6.45) is 0.698. The highest BCUT2D eigenvalue weighted by molar-refractivity contribution is 7.99. The van der Waals surface area contributed by atoms with Crippen LogP contribution in [0.25, 0.3) is 0 Å². The average molecular weight is 277 g/mol. The second kappa shape index (κ2) is 6.38. The third-order valence-corrected chi connectivity index (χ3v) is 3.23. The van der Waals surface area contributed by atoms with E-state index < -0.39 is 0 Å². The number of carbonyl (C=O) groups is 1. The molecule has 0 radical (unpaired) electrons. The van der Waals surface area contributed by atoms with Crippen molar-refractivity contribution < 1.29 is 9.21 Å². The summed E-state index contributed by atoms with van der Waals surface area (Å²) in [6.45, 7) is 3.94. The summed E-state index contributed by atoms with van der Waals surface area (Å²) in [5.41, 5.74) is 1.95. The van der Waals surface area contributed by atoms with E-state index >= 15 is 0 Å². The van der Waals surface area contributed by atoms with E-state index in [0.29, 0.717) is 17.5 Å². The van der Waals surface area contributed by atoms with Crippen LogP contribution in [-0.2, 0) is 11.2 Å². The standard InChI is InChI=1S/C13H15N3O2S/c1-3-12-15-16-13(18-12)19-8-11(17)14-10-6-4-9(2)5-7-10/h4-7H,3,8H2,1-2H3,(H,14,17). The van der Waals surface area contributed by atoms with Crippen LogP contribution < -0.4 is 5.32 Å². The molecule has 0 bridgehead atoms. The molecule has 0 saturated carbocycles. The molecule has 0 spiro atoms. The quantitative estimate of drug-likeness (QED) is 0.851. The van der Waals surface area contributed by atoms with Crippen LogP contribution in [0.2, 0.25) is 0 Å². The Hall–Kier alpha value is -1.82. The summed E-state index contributed by atoms with van der Waals surface area (Å²) in [6, 6.07) is 7.65. The topological polar surface area (TPSA) is 68.0 Å². The lowest BCUT2D eigenvalue weighted by atomic mass is 10.2. The highest BCUT2D eigenvalue weighted by atomic mass is 32.2. The van der Waals surface area contributed by atoms with Crippen LogP contribution in [0.4, 0.5) is 5.69 Å². The van der Waals surface area contributed by atoms with E-state index in [0.717, 1.165) is 11.3 Å². The van der Waals surface area contributed by atoms with Crippen molar-refractivity contribution in [2.24, 2.45) is 0 Å². The molecular weight excluding hydrogens is 262 g/mol. The van der Waals surface area contributed by atoms with Gasteiger partial charge in [-0.05, 0) is 19.1 Å². The first-order valence-corrected chi connectivity index (χ1v) is 6.97. The van der Waals surface area contributed by atoms with Gasteiger partial charge in [0.1, 0.15) is 0 Å². The molecule has 1 amide bonds. The molecule has 0 aliphatic rings. The minimum absolute atomic E-state index is 0.0925. The van der Waals surface area contributed by atoms with Gasteiger partial charge in [-0.3, -0.25) is 4.79 Å². The van der Waals surface area contributed by atoms with Crippen molar-refractivity contribution >= 4 is 23.4 Å². The summed E-state index contributed by atoms with van der Waals surface area (Å²) >= 11 is 1.23. The Morgan fingerprint density at radius 2 is 2.05 bits per heavy atom. The van der Waals surface area contributed by atoms with E-state index in [1.54, 1.807) is 0 Å². The number of amides is 1. The Morgan fingerprint density at radius 1 is 1.32 bits per heavy atom. The van der Waals surface area contributed by atoms with E-state index in [2.05, 4.69) is 15.5 Å². The molecule has 1 aromatic heterocycles. The fourth-order valence-corrected chi connectivity index (χ4v) is 1.98. The smallest absolute Gasteiger partial charge is 0.277 e. The van der Waals surface area contributed by atoms with Crippen molar-refractivity contribution in [1.29, 1.82) is 0 Å². The predicted octanol–water partition coefficient (Wildman–Crippen LogP) is 2.67. The van der Waals surface area contributed by atoms with E-state index in [9.17, 15) is 4.79 Å². The number of thioether (sulfide) groups is 1. The number of hydrogen-bond acceptors (Lipinski definition) is 5. The molecule has 19 heavy (non-hydrogen) atoms. The molecule has 0 fully saturated rings. The van der Waals surface area contributed by atoms with Crippen LogP contribution in [-0.4, -0.2) is 21.9 Å². The molecule has 0 aliphatic carbocycles. The largest absolute Gasteiger partial charge is 0.416 e. The minimum atomic E-state index is -0.0925. The monoisotopic (exact) mass is 277 g/mol. The fourth-order valence-electron chi connectivity index (χ4n) is 1.40. The minimum Gasteiger partial charge on any atom is -0.416 e. The lowest BCUT2D eigenvalue weighted by Gasteiger charge is -2.03. The second-order valence-electron chi connectivity index (χ2n) is 4.02. The van der Waals surface area contributed by atoms with Gasteiger partial charge in [-0.2, -0.15) is 0 Å². The number of nitrogens with zero attached hydrogens (tertiary/aromatic N) is 2. The maximum atomic E-state index is 11.7. The first-order valence-electron chi connectivity index (χ1n) is 5.99. The van der Waals surface area contributed by atoms with Crippen molar-refractivity contribution in [3.63, 3.8) is 0 Å². The summed E-state index contributed by atoms with van der Waals surface area (Å²) in [7, 11) is 0. The second-order valence-corrected chi connectivity index (χ2v) is 4.94. The van der Waals surface area contributed by atoms with Gasteiger partial charge in [0.05, 0.1) is 5.75 Å². The van der Waals surface area contributed by atoms with Crippen molar-refractivity contribution in [1.82, 2.24) is 10.2 Å². The average Bonchev–Trinajstić information content (AvgIpc) is 2.87. The maximum absolute atomic E-state index is 11.7. The zero-order chi connectivity index (χ0) is 13.7. The summed E-state index contributed by atoms with van der Waals surface area (Å²) in [5.74, 6) is 0.741. The molecule has 100 valence electrons. The molecule has 5 nitrogen and oxygen atoms in total. The Morgan fingerprint density at radius 3 is 2.68 bits per heavy atom. The van der Waals surface area contributed by atoms with Gasteiger partial charge < -0.3 is 9.73 Å². The van der Waals surface area contributed by atoms with Gasteiger partial charge in [-0.1, -0.05) is 36.4 Å². The molecule has 6 heteroatoms. The van der Waals surface area contributed by atoms with Gasteiger partial charge in [-0.15, -0.1) is 10.2 Å². The van der Waals surface area contributed by atoms with Crippen molar-refractivity contribution in [2.45, 2.75) is 25.5 Å². The normalized spacial score (nSPS) is 10.4. The van der Waals surface area contributed by atoms with Gasteiger partial charge in [0.2, 0.25) is 11.8 Å². The molecule has 0 unspecified atom stereocenters. The molecule has 0 aliphatic heterocycles. The molecule has 0 saturated heterocycles. The molecule has 1 aromatic carbocycles. The molecule has 2 rings (SSSR count). The fraction of sp³-hybridized carbons (Fsp3) is 0.308. The molecular formula is C13H15N3O2S. The van der Waals surface area contributed by atoms with Crippen molar-refractivity contribution in [3.8, 4) is 0 Å². The van der Waals surface area contributed by atoms with Gasteiger partial charge in [0, 0.05) is 12.1 Å². The lowest BCUT2D eigenvalue weighted by molar-refractivity contribution is -0.113. The van der Waals surface area contributed by atoms with Crippen LogP contribution in [0.15, 0.2) is 33.9 Å². The van der Waals surface area contributed by atoms with Gasteiger partial charge in [0.15, 0.2) is 0 Å². The Balaban J connectivity index is 1.82. The number of hydrogen-bond donors (Lipinski definition) is 1. The highest BCUT2D eigenvalue weighted by Gasteiger charge is 2.08. The van der Waals surface area contributed by atoms with Crippen molar-refractivity contribution in [2.75, 3.05) is 11.1 Å². The van der Waals surface area contributed by atoms with Crippen LogP contribution >= 0.6 is 11.8 Å². The Bertz CT molecular complexity index is 551. The lowest BCUT2D eigenvalue weighted by Crippen LogP contribution is -2.13. The molecule has 1 N–H and O–H groups in total. The predicted molar refractivity (Wildman–Crippen MR) is 74.2 cm³/mol. The van der Waals surface area contributed by atoms with Crippen LogP contribution in [0.3, 0.4) is 0 Å². The number of aryl methyl sites for hydroxylation is 2. The Labute approximate surface area is 115 Å². The number of anilines is 1. The number of carbonyl (C=O) groups excluding carboxylic acids is 1. The highest BCUT2D eigenvalue weighted by Crippen LogP contribution is 2.17. The zero-order valence-electron chi connectivity index (χ0n) is 10.8. The summed E-state index contributed by atoms with van der Waals surface area (Å²) < 4.78 is 5.31. The van der Waals surface area contributed by atoms with E-state index in [-0.39, 0.29) is 11.7 Å².